The summed E-state index contributed by atoms with van der Waals surface area (Å²) >= 11 is 1.36. The molecule has 0 atom stereocenters. The molecule has 0 saturated carbocycles. The zero-order valence-corrected chi connectivity index (χ0v) is 10.7. The third-order valence-electron chi connectivity index (χ3n) is 2.66. The van der Waals surface area contributed by atoms with Crippen molar-refractivity contribution in [2.24, 2.45) is 0 Å². The molecular weight excluding hydrogens is 260 g/mol. The first-order chi connectivity index (χ1) is 9.25. The molecule has 0 saturated heterocycles. The monoisotopic (exact) mass is 270 g/mol. The van der Waals surface area contributed by atoms with Crippen LogP contribution in [-0.2, 0) is 0 Å². The number of carboxylic acids is 1. The van der Waals surface area contributed by atoms with Crippen molar-refractivity contribution in [3.63, 3.8) is 0 Å². The Bertz CT molecular complexity index is 738. The zero-order chi connectivity index (χ0) is 13.2. The first-order valence-corrected chi connectivity index (χ1v) is 6.50. The molecule has 4 nitrogen and oxygen atoms in total. The highest BCUT2D eigenvalue weighted by Gasteiger charge is 2.18. The van der Waals surface area contributed by atoms with Crippen LogP contribution in [0.5, 0.6) is 0 Å². The highest BCUT2D eigenvalue weighted by molar-refractivity contribution is 7.99. The second-order valence-electron chi connectivity index (χ2n) is 3.91. The van der Waals surface area contributed by atoms with Crippen LogP contribution in [0.4, 0.5) is 0 Å². The van der Waals surface area contributed by atoms with Gasteiger partial charge in [0.15, 0.2) is 5.69 Å². The van der Waals surface area contributed by atoms with E-state index in [0.717, 1.165) is 4.90 Å². The molecule has 94 valence electrons. The van der Waals surface area contributed by atoms with Crippen LogP contribution in [0, 0.1) is 0 Å². The molecule has 1 aromatic carbocycles. The van der Waals surface area contributed by atoms with Gasteiger partial charge in [-0.2, -0.15) is 0 Å². The Morgan fingerprint density at radius 3 is 2.58 bits per heavy atom. The SMILES string of the molecule is O=C(O)c1c(Sc2ccccc2)nc2ccccn12. The van der Waals surface area contributed by atoms with E-state index < -0.39 is 5.97 Å². The maximum atomic E-state index is 11.4. The number of aromatic nitrogens is 2. The van der Waals surface area contributed by atoms with Crippen molar-refractivity contribution in [3.8, 4) is 0 Å². The van der Waals surface area contributed by atoms with Crippen molar-refractivity contribution in [2.45, 2.75) is 9.92 Å². The molecule has 0 radical (unpaired) electrons. The van der Waals surface area contributed by atoms with Gasteiger partial charge in [0.25, 0.3) is 0 Å². The van der Waals surface area contributed by atoms with Crippen LogP contribution >= 0.6 is 11.8 Å². The summed E-state index contributed by atoms with van der Waals surface area (Å²) in [6.45, 7) is 0. The molecule has 0 spiro atoms. The standard InChI is InChI=1S/C14H10N2O2S/c17-14(18)12-13(19-10-6-2-1-3-7-10)15-11-8-4-5-9-16(11)12/h1-9H,(H,17,18). The maximum Gasteiger partial charge on any atom is 0.355 e. The van der Waals surface area contributed by atoms with E-state index in [-0.39, 0.29) is 5.69 Å². The largest absolute Gasteiger partial charge is 0.476 e. The minimum Gasteiger partial charge on any atom is -0.476 e. The molecule has 0 fully saturated rings. The Kier molecular flexibility index (Phi) is 2.97. The lowest BCUT2D eigenvalue weighted by Crippen LogP contribution is -2.02. The van der Waals surface area contributed by atoms with Crippen LogP contribution in [0.25, 0.3) is 5.65 Å². The summed E-state index contributed by atoms with van der Waals surface area (Å²) in [5, 5.41) is 9.86. The molecule has 2 heterocycles. The predicted molar refractivity (Wildman–Crippen MR) is 72.7 cm³/mol. The van der Waals surface area contributed by atoms with E-state index in [2.05, 4.69) is 4.98 Å². The lowest BCUT2D eigenvalue weighted by molar-refractivity contribution is 0.0685. The number of hydrogen-bond acceptors (Lipinski definition) is 3. The summed E-state index contributed by atoms with van der Waals surface area (Å²) in [6.07, 6.45) is 1.71. The predicted octanol–water partition coefficient (Wildman–Crippen LogP) is 3.18. The fourth-order valence-corrected chi connectivity index (χ4v) is 2.78. The van der Waals surface area contributed by atoms with Crippen molar-refractivity contribution in [3.05, 3.63) is 60.4 Å². The molecule has 3 rings (SSSR count). The number of fused-ring (bicyclic) bond motifs is 1. The number of carboxylic acid groups (broad SMARTS) is 1. The Morgan fingerprint density at radius 2 is 1.84 bits per heavy atom. The number of aromatic carboxylic acids is 1. The van der Waals surface area contributed by atoms with Crippen LogP contribution in [0.3, 0.4) is 0 Å². The van der Waals surface area contributed by atoms with E-state index in [0.29, 0.717) is 10.7 Å². The highest BCUT2D eigenvalue weighted by atomic mass is 32.2. The molecule has 5 heteroatoms. The van der Waals surface area contributed by atoms with Crippen LogP contribution in [0.1, 0.15) is 10.5 Å². The summed E-state index contributed by atoms with van der Waals surface area (Å²) in [7, 11) is 0. The van der Waals surface area contributed by atoms with Crippen molar-refractivity contribution in [2.75, 3.05) is 0 Å². The van der Waals surface area contributed by atoms with Gasteiger partial charge in [0.1, 0.15) is 10.7 Å². The van der Waals surface area contributed by atoms with E-state index in [1.165, 1.54) is 11.8 Å². The summed E-state index contributed by atoms with van der Waals surface area (Å²) in [5.74, 6) is -0.975. The van der Waals surface area contributed by atoms with E-state index in [1.807, 2.05) is 36.4 Å². The van der Waals surface area contributed by atoms with Crippen molar-refractivity contribution < 1.29 is 9.90 Å². The average Bonchev–Trinajstić information content (AvgIpc) is 2.77. The Labute approximate surface area is 113 Å². The van der Waals surface area contributed by atoms with Crippen molar-refractivity contribution in [1.82, 2.24) is 9.38 Å². The minimum absolute atomic E-state index is 0.199. The third-order valence-corrected chi connectivity index (χ3v) is 3.64. The third kappa shape index (κ3) is 2.20. The Morgan fingerprint density at radius 1 is 1.11 bits per heavy atom. The second kappa shape index (κ2) is 4.78. The molecule has 0 aliphatic carbocycles. The molecule has 0 aliphatic heterocycles. The number of benzene rings is 1. The fourth-order valence-electron chi connectivity index (χ4n) is 1.84. The van der Waals surface area contributed by atoms with Gasteiger partial charge in [-0.3, -0.25) is 4.40 Å². The van der Waals surface area contributed by atoms with Gasteiger partial charge in [0, 0.05) is 11.1 Å². The van der Waals surface area contributed by atoms with Gasteiger partial charge in [-0.05, 0) is 24.3 Å². The van der Waals surface area contributed by atoms with E-state index in [1.54, 1.807) is 22.7 Å². The average molecular weight is 270 g/mol. The van der Waals surface area contributed by atoms with Gasteiger partial charge in [0.05, 0.1) is 0 Å². The van der Waals surface area contributed by atoms with Crippen LogP contribution in [0.15, 0.2) is 64.6 Å². The van der Waals surface area contributed by atoms with Gasteiger partial charge >= 0.3 is 5.97 Å². The minimum atomic E-state index is -0.975. The number of pyridine rings is 1. The second-order valence-corrected chi connectivity index (χ2v) is 4.98. The molecule has 2 aromatic heterocycles. The Hall–Kier alpha value is -2.27. The summed E-state index contributed by atoms with van der Waals surface area (Å²) in [4.78, 5) is 16.8. The van der Waals surface area contributed by atoms with Crippen LogP contribution in [0.2, 0.25) is 0 Å². The van der Waals surface area contributed by atoms with Gasteiger partial charge in [-0.25, -0.2) is 9.78 Å². The first-order valence-electron chi connectivity index (χ1n) is 5.69. The van der Waals surface area contributed by atoms with Gasteiger partial charge in [-0.15, -0.1) is 0 Å². The van der Waals surface area contributed by atoms with Gasteiger partial charge < -0.3 is 5.11 Å². The van der Waals surface area contributed by atoms with E-state index >= 15 is 0 Å². The number of imidazole rings is 1. The summed E-state index contributed by atoms with van der Waals surface area (Å²) in [5.41, 5.74) is 0.836. The lowest BCUT2D eigenvalue weighted by Gasteiger charge is -1.99. The first kappa shape index (κ1) is 11.8. The lowest BCUT2D eigenvalue weighted by atomic mass is 10.4. The molecule has 19 heavy (non-hydrogen) atoms. The summed E-state index contributed by atoms with van der Waals surface area (Å²) in [6, 6.07) is 15.0. The Balaban J connectivity index is 2.13. The van der Waals surface area contributed by atoms with Gasteiger partial charge in [0.2, 0.25) is 0 Å². The normalized spacial score (nSPS) is 10.7. The molecule has 0 amide bonds. The molecule has 3 aromatic rings. The maximum absolute atomic E-state index is 11.4. The number of carbonyl (C=O) groups is 1. The van der Waals surface area contributed by atoms with E-state index in [4.69, 9.17) is 0 Å². The quantitative estimate of drug-likeness (QED) is 0.794. The van der Waals surface area contributed by atoms with Crippen molar-refractivity contribution in [1.29, 1.82) is 0 Å². The van der Waals surface area contributed by atoms with Crippen LogP contribution in [-0.4, -0.2) is 20.5 Å². The highest BCUT2D eigenvalue weighted by Crippen LogP contribution is 2.30. The fraction of sp³-hybridized carbons (Fsp3) is 0. The molecule has 0 unspecified atom stereocenters. The molecular formula is C14H10N2O2S. The van der Waals surface area contributed by atoms with Gasteiger partial charge in [-0.1, -0.05) is 36.0 Å². The zero-order valence-electron chi connectivity index (χ0n) is 9.85. The van der Waals surface area contributed by atoms with Crippen LogP contribution < -0.4 is 0 Å². The number of rotatable bonds is 3. The number of hydrogen-bond donors (Lipinski definition) is 1. The summed E-state index contributed by atoms with van der Waals surface area (Å²) < 4.78 is 1.59. The number of nitrogens with zero attached hydrogens (tertiary/aromatic N) is 2. The van der Waals surface area contributed by atoms with E-state index in [9.17, 15) is 9.90 Å². The smallest absolute Gasteiger partial charge is 0.355 e. The van der Waals surface area contributed by atoms with Crippen molar-refractivity contribution >= 4 is 23.4 Å². The topological polar surface area (TPSA) is 54.6 Å². The molecule has 0 bridgehead atoms. The molecule has 1 N–H and O–H groups in total. The molecule has 0 aliphatic rings.